The monoisotopic (exact) mass is 219 g/mol. The second kappa shape index (κ2) is 4.45. The number of hydrogen-bond acceptors (Lipinski definition) is 2. The maximum absolute atomic E-state index is 13.1. The Hall–Kier alpha value is -1.68. The van der Waals surface area contributed by atoms with Crippen LogP contribution in [0.1, 0.15) is 11.5 Å². The minimum Gasteiger partial charge on any atom is -0.346 e. The number of nitrogens with one attached hydrogen (secondary N) is 1. The van der Waals surface area contributed by atoms with Crippen molar-refractivity contribution in [1.82, 2.24) is 9.97 Å². The minimum absolute atomic E-state index is 0.250. The summed E-state index contributed by atoms with van der Waals surface area (Å²) < 4.78 is 13.1. The Morgan fingerprint density at radius 3 is 2.94 bits per heavy atom. The molecule has 0 amide bonds. The molecule has 0 aliphatic carbocycles. The number of aryl methyl sites for hydroxylation is 1. The summed E-state index contributed by atoms with van der Waals surface area (Å²) in [6, 6.07) is 6.43. The number of imidazole rings is 1. The van der Waals surface area contributed by atoms with Crippen molar-refractivity contribution in [1.29, 1.82) is 0 Å². The van der Waals surface area contributed by atoms with E-state index in [1.54, 1.807) is 6.07 Å². The van der Waals surface area contributed by atoms with Crippen molar-refractivity contribution in [2.75, 3.05) is 6.54 Å². The van der Waals surface area contributed by atoms with E-state index in [-0.39, 0.29) is 5.82 Å². The SMILES string of the molecule is Cc1[nH]c(CCN)nc1-c1cccc(F)c1. The molecular formula is C12H14FN3. The average Bonchev–Trinajstić information content (AvgIpc) is 2.60. The molecule has 16 heavy (non-hydrogen) atoms. The molecule has 1 aromatic heterocycles. The molecule has 0 radical (unpaired) electrons. The lowest BCUT2D eigenvalue weighted by atomic mass is 10.1. The van der Waals surface area contributed by atoms with Crippen molar-refractivity contribution in [2.45, 2.75) is 13.3 Å². The second-order valence-electron chi connectivity index (χ2n) is 3.71. The van der Waals surface area contributed by atoms with Crippen molar-refractivity contribution >= 4 is 0 Å². The lowest BCUT2D eigenvalue weighted by molar-refractivity contribution is 0.628. The van der Waals surface area contributed by atoms with Gasteiger partial charge in [0.05, 0.1) is 5.69 Å². The summed E-state index contributed by atoms with van der Waals surface area (Å²) >= 11 is 0. The van der Waals surface area contributed by atoms with Gasteiger partial charge in [-0.15, -0.1) is 0 Å². The molecule has 0 unspecified atom stereocenters. The highest BCUT2D eigenvalue weighted by Gasteiger charge is 2.08. The predicted octanol–water partition coefficient (Wildman–Crippen LogP) is 2.03. The Balaban J connectivity index is 2.40. The fourth-order valence-corrected chi connectivity index (χ4v) is 1.69. The highest BCUT2D eigenvalue weighted by molar-refractivity contribution is 5.61. The topological polar surface area (TPSA) is 54.7 Å². The number of H-pyrrole nitrogens is 1. The zero-order chi connectivity index (χ0) is 11.5. The van der Waals surface area contributed by atoms with E-state index in [2.05, 4.69) is 9.97 Å². The molecule has 0 spiro atoms. The number of nitrogens with zero attached hydrogens (tertiary/aromatic N) is 1. The van der Waals surface area contributed by atoms with Gasteiger partial charge in [0.15, 0.2) is 0 Å². The lowest BCUT2D eigenvalue weighted by Crippen LogP contribution is -2.03. The second-order valence-corrected chi connectivity index (χ2v) is 3.71. The number of benzene rings is 1. The maximum Gasteiger partial charge on any atom is 0.123 e. The van der Waals surface area contributed by atoms with Crippen LogP contribution in [-0.2, 0) is 6.42 Å². The first-order valence-electron chi connectivity index (χ1n) is 5.22. The van der Waals surface area contributed by atoms with Gasteiger partial charge in [-0.05, 0) is 25.6 Å². The summed E-state index contributed by atoms with van der Waals surface area (Å²) in [5, 5.41) is 0. The molecule has 84 valence electrons. The molecule has 0 atom stereocenters. The zero-order valence-corrected chi connectivity index (χ0v) is 9.13. The molecule has 3 nitrogen and oxygen atoms in total. The summed E-state index contributed by atoms with van der Waals surface area (Å²) in [5.41, 5.74) is 7.98. The molecule has 0 saturated heterocycles. The number of aromatic nitrogens is 2. The molecule has 0 fully saturated rings. The number of rotatable bonds is 3. The van der Waals surface area contributed by atoms with Crippen LogP contribution in [0.5, 0.6) is 0 Å². The van der Waals surface area contributed by atoms with Gasteiger partial charge < -0.3 is 10.7 Å². The van der Waals surface area contributed by atoms with E-state index < -0.39 is 0 Å². The Labute approximate surface area is 93.5 Å². The Bertz CT molecular complexity index is 491. The highest BCUT2D eigenvalue weighted by Crippen LogP contribution is 2.21. The number of halogens is 1. The summed E-state index contributed by atoms with van der Waals surface area (Å²) in [5.74, 6) is 0.597. The third kappa shape index (κ3) is 2.12. The summed E-state index contributed by atoms with van der Waals surface area (Å²) in [6.45, 7) is 2.47. The van der Waals surface area contributed by atoms with Crippen LogP contribution in [0.25, 0.3) is 11.3 Å². The first kappa shape index (κ1) is 10.8. The Morgan fingerprint density at radius 2 is 2.25 bits per heavy atom. The molecule has 0 bridgehead atoms. The van der Waals surface area contributed by atoms with Crippen LogP contribution < -0.4 is 5.73 Å². The van der Waals surface area contributed by atoms with Gasteiger partial charge in [0.1, 0.15) is 11.6 Å². The Morgan fingerprint density at radius 1 is 1.44 bits per heavy atom. The Kier molecular flexibility index (Phi) is 3.01. The van der Waals surface area contributed by atoms with Crippen LogP contribution in [0.15, 0.2) is 24.3 Å². The van der Waals surface area contributed by atoms with Gasteiger partial charge in [0.25, 0.3) is 0 Å². The fourth-order valence-electron chi connectivity index (χ4n) is 1.69. The van der Waals surface area contributed by atoms with Crippen molar-refractivity contribution in [3.05, 3.63) is 41.6 Å². The van der Waals surface area contributed by atoms with E-state index in [9.17, 15) is 4.39 Å². The van der Waals surface area contributed by atoms with Gasteiger partial charge in [0.2, 0.25) is 0 Å². The number of nitrogens with two attached hydrogens (primary N) is 1. The van der Waals surface area contributed by atoms with Gasteiger partial charge in [-0.3, -0.25) is 0 Å². The quantitative estimate of drug-likeness (QED) is 0.829. The normalized spacial score (nSPS) is 10.7. The third-order valence-corrected chi connectivity index (χ3v) is 2.41. The number of aromatic amines is 1. The third-order valence-electron chi connectivity index (χ3n) is 2.41. The number of hydrogen-bond donors (Lipinski definition) is 2. The van der Waals surface area contributed by atoms with Crippen molar-refractivity contribution in [3.63, 3.8) is 0 Å². The fraction of sp³-hybridized carbons (Fsp3) is 0.250. The van der Waals surface area contributed by atoms with E-state index >= 15 is 0 Å². The van der Waals surface area contributed by atoms with E-state index in [4.69, 9.17) is 5.73 Å². The van der Waals surface area contributed by atoms with Gasteiger partial charge in [-0.1, -0.05) is 12.1 Å². The molecule has 1 aromatic carbocycles. The predicted molar refractivity (Wildman–Crippen MR) is 61.5 cm³/mol. The van der Waals surface area contributed by atoms with Gasteiger partial charge in [-0.2, -0.15) is 0 Å². The maximum atomic E-state index is 13.1. The molecule has 1 heterocycles. The molecular weight excluding hydrogens is 205 g/mol. The van der Waals surface area contributed by atoms with Crippen molar-refractivity contribution in [3.8, 4) is 11.3 Å². The van der Waals surface area contributed by atoms with Crippen molar-refractivity contribution in [2.24, 2.45) is 5.73 Å². The largest absolute Gasteiger partial charge is 0.346 e. The van der Waals surface area contributed by atoms with Gasteiger partial charge >= 0.3 is 0 Å². The molecule has 2 rings (SSSR count). The van der Waals surface area contributed by atoms with Crippen LogP contribution in [-0.4, -0.2) is 16.5 Å². The molecule has 0 aliphatic rings. The average molecular weight is 219 g/mol. The van der Waals surface area contributed by atoms with Crippen LogP contribution in [0.2, 0.25) is 0 Å². The lowest BCUT2D eigenvalue weighted by Gasteiger charge is -1.97. The first-order chi connectivity index (χ1) is 7.70. The van der Waals surface area contributed by atoms with Gasteiger partial charge in [-0.25, -0.2) is 9.37 Å². The van der Waals surface area contributed by atoms with E-state index in [0.29, 0.717) is 13.0 Å². The van der Waals surface area contributed by atoms with Gasteiger partial charge in [0, 0.05) is 17.7 Å². The smallest absolute Gasteiger partial charge is 0.123 e. The van der Waals surface area contributed by atoms with Crippen LogP contribution in [0, 0.1) is 12.7 Å². The standard InChI is InChI=1S/C12H14FN3/c1-8-12(16-11(15-8)5-6-14)9-3-2-4-10(13)7-9/h2-4,7H,5-6,14H2,1H3,(H,15,16). The van der Waals surface area contributed by atoms with Crippen LogP contribution >= 0.6 is 0 Å². The van der Waals surface area contributed by atoms with Crippen LogP contribution in [0.3, 0.4) is 0 Å². The summed E-state index contributed by atoms with van der Waals surface area (Å²) in [4.78, 5) is 7.56. The molecule has 3 N–H and O–H groups in total. The molecule has 0 saturated carbocycles. The van der Waals surface area contributed by atoms with Crippen molar-refractivity contribution < 1.29 is 4.39 Å². The zero-order valence-electron chi connectivity index (χ0n) is 9.13. The van der Waals surface area contributed by atoms with E-state index in [1.165, 1.54) is 12.1 Å². The van der Waals surface area contributed by atoms with Crippen LogP contribution in [0.4, 0.5) is 4.39 Å². The van der Waals surface area contributed by atoms with E-state index in [0.717, 1.165) is 22.8 Å². The molecule has 4 heteroatoms. The summed E-state index contributed by atoms with van der Waals surface area (Å²) in [6.07, 6.45) is 0.705. The summed E-state index contributed by atoms with van der Waals surface area (Å²) in [7, 11) is 0. The first-order valence-corrected chi connectivity index (χ1v) is 5.22. The minimum atomic E-state index is -0.250. The highest BCUT2D eigenvalue weighted by atomic mass is 19.1. The molecule has 2 aromatic rings. The van der Waals surface area contributed by atoms with E-state index in [1.807, 2.05) is 13.0 Å². The molecule has 0 aliphatic heterocycles.